The van der Waals surface area contributed by atoms with Gasteiger partial charge in [0.15, 0.2) is 11.9 Å². The number of aliphatic hydroxyl groups is 1. The number of aliphatic hydroxyl groups excluding tert-OH is 1. The number of ether oxygens (including phenoxy) is 3. The van der Waals surface area contributed by atoms with Crippen molar-refractivity contribution in [3.05, 3.63) is 11.5 Å². The quantitative estimate of drug-likeness (QED) is 0.407. The van der Waals surface area contributed by atoms with Crippen molar-refractivity contribution >= 4 is 13.8 Å². The van der Waals surface area contributed by atoms with Gasteiger partial charge in [-0.3, -0.25) is 13.6 Å². The van der Waals surface area contributed by atoms with Crippen LogP contribution in [0.2, 0.25) is 0 Å². The normalized spacial score (nSPS) is 19.4. The SMILES string of the molecule is CCOC1=C(OCC)C(C(CO)OP(=O)(OCC)OCC)OC1=O. The summed E-state index contributed by atoms with van der Waals surface area (Å²) in [5, 5.41) is 9.61. The number of cyclic esters (lactones) is 1. The third kappa shape index (κ3) is 5.19. The average Bonchev–Trinajstić information content (AvgIpc) is 2.83. The van der Waals surface area contributed by atoms with E-state index in [0.29, 0.717) is 0 Å². The highest BCUT2D eigenvalue weighted by Gasteiger charge is 2.45. The van der Waals surface area contributed by atoms with E-state index in [-0.39, 0.29) is 37.9 Å². The Morgan fingerprint density at radius 1 is 1.08 bits per heavy atom. The molecule has 1 heterocycles. The Morgan fingerprint density at radius 2 is 1.67 bits per heavy atom. The van der Waals surface area contributed by atoms with Crippen LogP contribution in [0.5, 0.6) is 0 Å². The second-order valence-electron chi connectivity index (χ2n) is 4.49. The van der Waals surface area contributed by atoms with Crippen LogP contribution in [0.4, 0.5) is 0 Å². The second-order valence-corrected chi connectivity index (χ2v) is 6.12. The van der Waals surface area contributed by atoms with E-state index in [1.54, 1.807) is 27.7 Å². The molecule has 1 aliphatic heterocycles. The fourth-order valence-corrected chi connectivity index (χ4v) is 3.38. The molecule has 1 aliphatic rings. The van der Waals surface area contributed by atoms with E-state index in [4.69, 9.17) is 27.8 Å². The zero-order chi connectivity index (χ0) is 18.2. The predicted octanol–water partition coefficient (Wildman–Crippen LogP) is 1.75. The largest absolute Gasteiger partial charge is 0.490 e. The number of carbonyl (C=O) groups excluding carboxylic acids is 1. The zero-order valence-electron chi connectivity index (χ0n) is 14.4. The third-order valence-electron chi connectivity index (χ3n) is 2.85. The number of esters is 1. The average molecular weight is 368 g/mol. The van der Waals surface area contributed by atoms with Crippen LogP contribution in [-0.4, -0.2) is 56.3 Å². The Labute approximate surface area is 141 Å². The molecule has 0 aromatic rings. The Balaban J connectivity index is 3.05. The van der Waals surface area contributed by atoms with Crippen LogP contribution in [0.1, 0.15) is 27.7 Å². The second kappa shape index (κ2) is 10.0. The Bertz CT molecular complexity index is 481. The number of phosphoric acid groups is 1. The van der Waals surface area contributed by atoms with Crippen LogP contribution in [0, 0.1) is 0 Å². The maximum Gasteiger partial charge on any atom is 0.475 e. The van der Waals surface area contributed by atoms with Crippen LogP contribution in [0.3, 0.4) is 0 Å². The summed E-state index contributed by atoms with van der Waals surface area (Å²) in [6.07, 6.45) is -2.31. The molecule has 0 bridgehead atoms. The van der Waals surface area contributed by atoms with E-state index in [9.17, 15) is 14.5 Å². The lowest BCUT2D eigenvalue weighted by Crippen LogP contribution is -2.35. The van der Waals surface area contributed by atoms with Gasteiger partial charge in [-0.05, 0) is 27.7 Å². The first-order valence-electron chi connectivity index (χ1n) is 7.85. The molecule has 1 N–H and O–H groups in total. The zero-order valence-corrected chi connectivity index (χ0v) is 15.2. The monoisotopic (exact) mass is 368 g/mol. The van der Waals surface area contributed by atoms with Crippen LogP contribution in [0.15, 0.2) is 11.5 Å². The van der Waals surface area contributed by atoms with Gasteiger partial charge in [0.05, 0.1) is 33.0 Å². The molecule has 9 nitrogen and oxygen atoms in total. The molecule has 10 heteroatoms. The van der Waals surface area contributed by atoms with Gasteiger partial charge in [-0.25, -0.2) is 9.36 Å². The highest BCUT2D eigenvalue weighted by atomic mass is 31.2. The lowest BCUT2D eigenvalue weighted by molar-refractivity contribution is -0.148. The maximum absolute atomic E-state index is 12.5. The van der Waals surface area contributed by atoms with Gasteiger partial charge in [0, 0.05) is 0 Å². The standard InChI is InChI=1S/C14H25O9P/c1-5-18-12-11(22-14(16)13(12)19-6-2)10(9-15)23-24(17,20-7-3)21-8-4/h10-11,15H,5-9H2,1-4H3. The molecule has 0 amide bonds. The van der Waals surface area contributed by atoms with Crippen molar-refractivity contribution in [3.8, 4) is 0 Å². The van der Waals surface area contributed by atoms with Gasteiger partial charge in [0.1, 0.15) is 6.10 Å². The van der Waals surface area contributed by atoms with Gasteiger partial charge >= 0.3 is 13.8 Å². The molecule has 0 saturated heterocycles. The van der Waals surface area contributed by atoms with Gasteiger partial charge in [0.2, 0.25) is 5.76 Å². The van der Waals surface area contributed by atoms with Gasteiger partial charge < -0.3 is 19.3 Å². The molecule has 0 spiro atoms. The summed E-state index contributed by atoms with van der Waals surface area (Å²) in [6, 6.07) is 0. The minimum atomic E-state index is -3.92. The fraction of sp³-hybridized carbons (Fsp3) is 0.786. The van der Waals surface area contributed by atoms with Crippen LogP contribution in [-0.2, 0) is 37.1 Å². The van der Waals surface area contributed by atoms with Crippen molar-refractivity contribution < 1.29 is 42.2 Å². The molecule has 140 valence electrons. The van der Waals surface area contributed by atoms with Crippen LogP contribution in [0.25, 0.3) is 0 Å². The van der Waals surface area contributed by atoms with E-state index >= 15 is 0 Å². The smallest absolute Gasteiger partial charge is 0.475 e. The Morgan fingerprint density at radius 3 is 2.12 bits per heavy atom. The van der Waals surface area contributed by atoms with Gasteiger partial charge in [-0.1, -0.05) is 0 Å². The van der Waals surface area contributed by atoms with E-state index in [1.165, 1.54) is 0 Å². The molecule has 0 aliphatic carbocycles. The van der Waals surface area contributed by atoms with Crippen LogP contribution >= 0.6 is 7.82 Å². The Kier molecular flexibility index (Phi) is 8.72. The Hall–Kier alpha value is -1.12. The third-order valence-corrected chi connectivity index (χ3v) is 4.52. The summed E-state index contributed by atoms with van der Waals surface area (Å²) in [5.41, 5.74) is 0. The summed E-state index contributed by atoms with van der Waals surface area (Å²) in [7, 11) is -3.92. The number of rotatable bonds is 12. The molecule has 0 saturated carbocycles. The minimum Gasteiger partial charge on any atom is -0.490 e. The number of hydrogen-bond acceptors (Lipinski definition) is 9. The van der Waals surface area contributed by atoms with Crippen molar-refractivity contribution in [1.82, 2.24) is 0 Å². The fourth-order valence-electron chi connectivity index (χ4n) is 2.04. The maximum atomic E-state index is 12.5. The lowest BCUT2D eigenvalue weighted by Gasteiger charge is -2.26. The summed E-state index contributed by atoms with van der Waals surface area (Å²) in [6.45, 7) is 6.70. The molecule has 2 atom stereocenters. The number of phosphoric ester groups is 1. The topological polar surface area (TPSA) is 110 Å². The molecule has 0 aromatic heterocycles. The van der Waals surface area contributed by atoms with E-state index in [2.05, 4.69) is 0 Å². The summed E-state index contributed by atoms with van der Waals surface area (Å²) >= 11 is 0. The van der Waals surface area contributed by atoms with Gasteiger partial charge in [-0.15, -0.1) is 0 Å². The lowest BCUT2D eigenvalue weighted by atomic mass is 10.2. The molecule has 0 fully saturated rings. The first-order valence-corrected chi connectivity index (χ1v) is 9.31. The summed E-state index contributed by atoms with van der Waals surface area (Å²) in [5.74, 6) is -0.744. The molecule has 24 heavy (non-hydrogen) atoms. The van der Waals surface area contributed by atoms with E-state index in [1.807, 2.05) is 0 Å². The highest BCUT2D eigenvalue weighted by Crippen LogP contribution is 2.51. The van der Waals surface area contributed by atoms with Crippen LogP contribution < -0.4 is 0 Å². The molecule has 2 unspecified atom stereocenters. The number of hydrogen-bond donors (Lipinski definition) is 1. The number of carbonyl (C=O) groups is 1. The molecular weight excluding hydrogens is 343 g/mol. The van der Waals surface area contributed by atoms with Crippen molar-refractivity contribution in [2.75, 3.05) is 33.0 Å². The molecule has 1 rings (SSSR count). The summed E-state index contributed by atoms with van der Waals surface area (Å²) < 4.78 is 43.7. The molecule has 0 radical (unpaired) electrons. The first kappa shape index (κ1) is 20.9. The van der Waals surface area contributed by atoms with E-state index < -0.39 is 32.6 Å². The first-order chi connectivity index (χ1) is 11.5. The van der Waals surface area contributed by atoms with Crippen molar-refractivity contribution in [1.29, 1.82) is 0 Å². The predicted molar refractivity (Wildman–Crippen MR) is 83.0 cm³/mol. The highest BCUT2D eigenvalue weighted by molar-refractivity contribution is 7.48. The van der Waals surface area contributed by atoms with Crippen molar-refractivity contribution in [2.24, 2.45) is 0 Å². The van der Waals surface area contributed by atoms with Crippen molar-refractivity contribution in [3.63, 3.8) is 0 Å². The van der Waals surface area contributed by atoms with E-state index in [0.717, 1.165) is 0 Å². The van der Waals surface area contributed by atoms with Gasteiger partial charge in [-0.2, -0.15) is 0 Å². The molecule has 0 aromatic carbocycles. The molecular formula is C14H25O9P. The van der Waals surface area contributed by atoms with Gasteiger partial charge in [0.25, 0.3) is 0 Å². The summed E-state index contributed by atoms with van der Waals surface area (Å²) in [4.78, 5) is 11.9. The minimum absolute atomic E-state index is 0.0816. The van der Waals surface area contributed by atoms with Crippen molar-refractivity contribution in [2.45, 2.75) is 39.9 Å².